The van der Waals surface area contributed by atoms with E-state index in [0.717, 1.165) is 39.0 Å². The van der Waals surface area contributed by atoms with Crippen LogP contribution in [0.5, 0.6) is 0 Å². The van der Waals surface area contributed by atoms with Gasteiger partial charge in [-0.2, -0.15) is 0 Å². The molecular weight excluding hydrogens is 691 g/mol. The van der Waals surface area contributed by atoms with Gasteiger partial charge in [0.15, 0.2) is 0 Å². The van der Waals surface area contributed by atoms with Gasteiger partial charge in [0.05, 0.1) is 11.1 Å². The minimum absolute atomic E-state index is 0.591. The Morgan fingerprint density at radius 3 is 1.79 bits per heavy atom. The number of benzene rings is 9. The second-order valence-corrected chi connectivity index (χ2v) is 15.2. The highest BCUT2D eigenvalue weighted by molar-refractivity contribution is 6.13. The standard InChI is InChI=1S/C55H35NO/c1-4-16-36(17-5-1)38-28-30-42-43-31-29-40(56(39-20-8-3-9-21-39)51-26-14-11-22-41(51)37-18-6-2-7-19-37)35-50(43)55(49(42)34-38)47-25-13-10-24-46(47)53-48(55)33-32-45-44-23-12-15-27-52(44)57-54(45)53/h1-35H. The predicted octanol–water partition coefficient (Wildman–Crippen LogP) is 14.7. The Hall–Kier alpha value is -7.42. The van der Waals surface area contributed by atoms with Gasteiger partial charge in [-0.25, -0.2) is 0 Å². The zero-order valence-corrected chi connectivity index (χ0v) is 31.1. The average Bonchev–Trinajstić information content (AvgIpc) is 3.91. The Balaban J connectivity index is 1.18. The van der Waals surface area contributed by atoms with Gasteiger partial charge in [-0.05, 0) is 98.1 Å². The number of furan rings is 1. The van der Waals surface area contributed by atoms with E-state index in [4.69, 9.17) is 4.42 Å². The van der Waals surface area contributed by atoms with Gasteiger partial charge in [0, 0.05) is 33.3 Å². The first-order valence-corrected chi connectivity index (χ1v) is 19.7. The summed E-state index contributed by atoms with van der Waals surface area (Å²) in [5, 5.41) is 2.29. The summed E-state index contributed by atoms with van der Waals surface area (Å²) in [6.45, 7) is 0. The van der Waals surface area contributed by atoms with Crippen LogP contribution in [0, 0.1) is 0 Å². The molecule has 0 aliphatic heterocycles. The van der Waals surface area contributed by atoms with Gasteiger partial charge in [0.1, 0.15) is 11.2 Å². The summed E-state index contributed by atoms with van der Waals surface area (Å²) in [6.07, 6.45) is 0. The Morgan fingerprint density at radius 1 is 0.351 bits per heavy atom. The third-order valence-corrected chi connectivity index (χ3v) is 12.3. The van der Waals surface area contributed by atoms with Gasteiger partial charge in [-0.3, -0.25) is 0 Å². The molecule has 0 N–H and O–H groups in total. The van der Waals surface area contributed by atoms with E-state index in [1.807, 2.05) is 0 Å². The molecule has 0 fully saturated rings. The lowest BCUT2D eigenvalue weighted by Gasteiger charge is -2.33. The van der Waals surface area contributed by atoms with Crippen molar-refractivity contribution in [2.24, 2.45) is 0 Å². The quantitative estimate of drug-likeness (QED) is 0.176. The first-order valence-electron chi connectivity index (χ1n) is 19.7. The number of hydrogen-bond acceptors (Lipinski definition) is 2. The Kier molecular flexibility index (Phi) is 6.88. The van der Waals surface area contributed by atoms with Crippen LogP contribution in [0.15, 0.2) is 217 Å². The fourth-order valence-electron chi connectivity index (χ4n) is 9.92. The molecular formula is C55H35NO. The van der Waals surface area contributed by atoms with Gasteiger partial charge in [0.25, 0.3) is 0 Å². The van der Waals surface area contributed by atoms with Crippen LogP contribution in [0.4, 0.5) is 17.1 Å². The van der Waals surface area contributed by atoms with E-state index in [9.17, 15) is 0 Å². The van der Waals surface area contributed by atoms with E-state index >= 15 is 0 Å². The van der Waals surface area contributed by atoms with E-state index < -0.39 is 5.41 Å². The highest BCUT2D eigenvalue weighted by Gasteiger charge is 2.53. The Morgan fingerprint density at radius 2 is 0.982 bits per heavy atom. The molecule has 2 nitrogen and oxygen atoms in total. The van der Waals surface area contributed by atoms with Gasteiger partial charge in [-0.15, -0.1) is 0 Å². The summed E-state index contributed by atoms with van der Waals surface area (Å²) >= 11 is 0. The molecule has 1 aromatic heterocycles. The molecule has 0 saturated heterocycles. The van der Waals surface area contributed by atoms with Gasteiger partial charge >= 0.3 is 0 Å². The third-order valence-electron chi connectivity index (χ3n) is 12.3. The maximum absolute atomic E-state index is 6.85. The molecule has 1 unspecified atom stereocenters. The van der Waals surface area contributed by atoms with Crippen LogP contribution in [0.3, 0.4) is 0 Å². The molecule has 1 heterocycles. The lowest BCUT2D eigenvalue weighted by molar-refractivity contribution is 0.669. The Labute approximate surface area is 331 Å². The maximum Gasteiger partial charge on any atom is 0.143 e. The van der Waals surface area contributed by atoms with Crippen LogP contribution in [0.2, 0.25) is 0 Å². The number of rotatable bonds is 5. The van der Waals surface area contributed by atoms with E-state index in [-0.39, 0.29) is 0 Å². The number of anilines is 3. The minimum Gasteiger partial charge on any atom is -0.455 e. The molecule has 10 aromatic rings. The van der Waals surface area contributed by atoms with E-state index in [2.05, 4.69) is 217 Å². The van der Waals surface area contributed by atoms with E-state index in [0.29, 0.717) is 0 Å². The molecule has 0 radical (unpaired) electrons. The highest BCUT2D eigenvalue weighted by atomic mass is 16.3. The van der Waals surface area contributed by atoms with Crippen molar-refractivity contribution < 1.29 is 4.42 Å². The van der Waals surface area contributed by atoms with Crippen LogP contribution in [0.25, 0.3) is 66.4 Å². The molecule has 266 valence electrons. The first-order chi connectivity index (χ1) is 28.3. The molecule has 1 spiro atoms. The second kappa shape index (κ2) is 12.3. The first kappa shape index (κ1) is 31.9. The monoisotopic (exact) mass is 725 g/mol. The molecule has 12 rings (SSSR count). The number of fused-ring (bicyclic) bond motifs is 14. The van der Waals surface area contributed by atoms with Gasteiger partial charge in [0.2, 0.25) is 0 Å². The second-order valence-electron chi connectivity index (χ2n) is 15.2. The zero-order valence-electron chi connectivity index (χ0n) is 31.1. The van der Waals surface area contributed by atoms with Crippen molar-refractivity contribution in [3.8, 4) is 44.5 Å². The fourth-order valence-corrected chi connectivity index (χ4v) is 9.92. The summed E-state index contributed by atoms with van der Waals surface area (Å²) in [7, 11) is 0. The Bertz CT molecular complexity index is 3180. The van der Waals surface area contributed by atoms with Crippen molar-refractivity contribution in [2.45, 2.75) is 5.41 Å². The van der Waals surface area contributed by atoms with Crippen LogP contribution >= 0.6 is 0 Å². The van der Waals surface area contributed by atoms with Gasteiger partial charge in [-0.1, -0.05) is 170 Å². The zero-order chi connectivity index (χ0) is 37.5. The lowest BCUT2D eigenvalue weighted by atomic mass is 9.70. The third kappa shape index (κ3) is 4.53. The van der Waals surface area contributed by atoms with Crippen molar-refractivity contribution >= 4 is 39.0 Å². The number of nitrogens with zero attached hydrogens (tertiary/aromatic N) is 1. The van der Waals surface area contributed by atoms with Crippen molar-refractivity contribution in [1.82, 2.24) is 0 Å². The summed E-state index contributed by atoms with van der Waals surface area (Å²) in [6, 6.07) is 77.4. The molecule has 2 aliphatic carbocycles. The van der Waals surface area contributed by atoms with Gasteiger partial charge < -0.3 is 9.32 Å². The molecule has 57 heavy (non-hydrogen) atoms. The molecule has 1 atom stereocenters. The number of para-hydroxylation sites is 3. The topological polar surface area (TPSA) is 16.4 Å². The predicted molar refractivity (Wildman–Crippen MR) is 236 cm³/mol. The average molecular weight is 726 g/mol. The molecule has 0 amide bonds. The van der Waals surface area contributed by atoms with Crippen LogP contribution in [0.1, 0.15) is 22.3 Å². The van der Waals surface area contributed by atoms with E-state index in [1.54, 1.807) is 0 Å². The molecule has 2 aliphatic rings. The molecule has 0 saturated carbocycles. The summed E-state index contributed by atoms with van der Waals surface area (Å²) in [5.41, 5.74) is 19.4. The SMILES string of the molecule is c1ccc(-c2ccc3c(c2)C2(c4cc(N(c5ccccc5)c5ccccc5-c5ccccc5)ccc4-3)c3ccccc3-c3c2ccc2c3oc3ccccc32)cc1. The lowest BCUT2D eigenvalue weighted by Crippen LogP contribution is -2.26. The minimum atomic E-state index is -0.591. The van der Waals surface area contributed by atoms with Crippen LogP contribution < -0.4 is 4.90 Å². The summed E-state index contributed by atoms with van der Waals surface area (Å²) < 4.78 is 6.85. The summed E-state index contributed by atoms with van der Waals surface area (Å²) in [5.74, 6) is 0. The van der Waals surface area contributed by atoms with Crippen molar-refractivity contribution in [2.75, 3.05) is 4.90 Å². The largest absolute Gasteiger partial charge is 0.455 e. The molecule has 2 heteroatoms. The normalized spacial score (nSPS) is 14.7. The highest BCUT2D eigenvalue weighted by Crippen LogP contribution is 2.65. The van der Waals surface area contributed by atoms with Crippen molar-refractivity contribution in [3.63, 3.8) is 0 Å². The summed E-state index contributed by atoms with van der Waals surface area (Å²) in [4.78, 5) is 2.43. The van der Waals surface area contributed by atoms with Crippen LogP contribution in [-0.2, 0) is 5.41 Å². The van der Waals surface area contributed by atoms with Crippen molar-refractivity contribution in [3.05, 3.63) is 235 Å². The molecule has 0 bridgehead atoms. The van der Waals surface area contributed by atoms with Crippen LogP contribution in [-0.4, -0.2) is 0 Å². The fraction of sp³-hybridized carbons (Fsp3) is 0.0182. The maximum atomic E-state index is 6.85. The van der Waals surface area contributed by atoms with E-state index in [1.165, 1.54) is 66.8 Å². The molecule has 9 aromatic carbocycles. The van der Waals surface area contributed by atoms with Crippen molar-refractivity contribution in [1.29, 1.82) is 0 Å². The smallest absolute Gasteiger partial charge is 0.143 e. The number of hydrogen-bond donors (Lipinski definition) is 0.